The highest BCUT2D eigenvalue weighted by molar-refractivity contribution is 6.06. The fourth-order valence-corrected chi connectivity index (χ4v) is 2.58. The molecule has 1 saturated carbocycles. The molecule has 1 heterocycles. The summed E-state index contributed by atoms with van der Waals surface area (Å²) in [4.78, 5) is 15.7. The first-order valence-electron chi connectivity index (χ1n) is 6.09. The minimum atomic E-state index is -0.163. The Morgan fingerprint density at radius 2 is 2.00 bits per heavy atom. The van der Waals surface area contributed by atoms with Gasteiger partial charge in [0.25, 0.3) is 0 Å². The minimum absolute atomic E-state index is 0.0719. The van der Waals surface area contributed by atoms with Crippen LogP contribution in [-0.2, 0) is 4.79 Å². The van der Waals surface area contributed by atoms with Gasteiger partial charge in [-0.25, -0.2) is 0 Å². The molecular formula is C12H20N2O. The molecule has 1 aliphatic carbocycles. The van der Waals surface area contributed by atoms with Gasteiger partial charge in [-0.2, -0.15) is 0 Å². The van der Waals surface area contributed by atoms with Gasteiger partial charge in [-0.05, 0) is 38.5 Å². The van der Waals surface area contributed by atoms with Crippen molar-refractivity contribution >= 4 is 11.7 Å². The van der Waals surface area contributed by atoms with E-state index in [0.717, 1.165) is 11.8 Å². The Labute approximate surface area is 91.3 Å². The summed E-state index contributed by atoms with van der Waals surface area (Å²) in [7, 11) is 0. The van der Waals surface area contributed by atoms with Gasteiger partial charge in [-0.3, -0.25) is 9.79 Å². The molecule has 15 heavy (non-hydrogen) atoms. The summed E-state index contributed by atoms with van der Waals surface area (Å²) in [6, 6.07) is -0.163. The second-order valence-electron chi connectivity index (χ2n) is 4.81. The van der Waals surface area contributed by atoms with Gasteiger partial charge in [0.1, 0.15) is 11.9 Å². The molecule has 0 spiro atoms. The topological polar surface area (TPSA) is 41.5 Å². The van der Waals surface area contributed by atoms with Gasteiger partial charge >= 0.3 is 0 Å². The number of carbonyl (C=O) groups is 1. The highest BCUT2D eigenvalue weighted by Gasteiger charge is 2.30. The van der Waals surface area contributed by atoms with Crippen molar-refractivity contribution in [2.24, 2.45) is 16.8 Å². The zero-order valence-corrected chi connectivity index (χ0v) is 9.62. The largest absolute Gasteiger partial charge is 0.312 e. The predicted octanol–water partition coefficient (Wildman–Crippen LogP) is 2.12. The lowest BCUT2D eigenvalue weighted by Crippen LogP contribution is -2.33. The van der Waals surface area contributed by atoms with Gasteiger partial charge in [0, 0.05) is 5.92 Å². The van der Waals surface area contributed by atoms with Crippen LogP contribution >= 0.6 is 0 Å². The van der Waals surface area contributed by atoms with Crippen LogP contribution in [-0.4, -0.2) is 17.8 Å². The number of nitrogens with zero attached hydrogens (tertiary/aromatic N) is 1. The van der Waals surface area contributed by atoms with Crippen molar-refractivity contribution in [3.8, 4) is 0 Å². The van der Waals surface area contributed by atoms with Crippen LogP contribution in [0.2, 0.25) is 0 Å². The molecule has 1 fully saturated rings. The van der Waals surface area contributed by atoms with E-state index in [4.69, 9.17) is 0 Å². The molecule has 2 aliphatic rings. The second-order valence-corrected chi connectivity index (χ2v) is 4.81. The lowest BCUT2D eigenvalue weighted by Gasteiger charge is -2.27. The van der Waals surface area contributed by atoms with Crippen molar-refractivity contribution in [3.63, 3.8) is 0 Å². The van der Waals surface area contributed by atoms with Gasteiger partial charge < -0.3 is 5.32 Å². The molecule has 0 aromatic heterocycles. The zero-order chi connectivity index (χ0) is 10.8. The lowest BCUT2D eigenvalue weighted by molar-refractivity contribution is -0.119. The van der Waals surface area contributed by atoms with E-state index in [1.54, 1.807) is 0 Å². The average molecular weight is 208 g/mol. The Hall–Kier alpha value is -0.860. The number of amides is 1. The van der Waals surface area contributed by atoms with Crippen molar-refractivity contribution < 1.29 is 4.79 Å². The summed E-state index contributed by atoms with van der Waals surface area (Å²) < 4.78 is 0. The fraction of sp³-hybridized carbons (Fsp3) is 0.833. The Bertz CT molecular complexity index is 277. The van der Waals surface area contributed by atoms with E-state index in [9.17, 15) is 4.79 Å². The SMILES string of the molecule is CCC1CCC(C2=NC(C)C(=O)N2)CC1. The van der Waals surface area contributed by atoms with E-state index in [1.165, 1.54) is 32.1 Å². The number of nitrogens with one attached hydrogen (secondary N) is 1. The van der Waals surface area contributed by atoms with E-state index in [-0.39, 0.29) is 11.9 Å². The predicted molar refractivity (Wildman–Crippen MR) is 60.8 cm³/mol. The van der Waals surface area contributed by atoms with Crippen molar-refractivity contribution in [2.45, 2.75) is 52.0 Å². The van der Waals surface area contributed by atoms with E-state index >= 15 is 0 Å². The first kappa shape index (κ1) is 10.7. The third-order valence-electron chi connectivity index (χ3n) is 3.77. The van der Waals surface area contributed by atoms with E-state index in [1.807, 2.05) is 6.92 Å². The fourth-order valence-electron chi connectivity index (χ4n) is 2.58. The molecule has 0 bridgehead atoms. The van der Waals surface area contributed by atoms with Crippen molar-refractivity contribution in [1.82, 2.24) is 5.32 Å². The highest BCUT2D eigenvalue weighted by Crippen LogP contribution is 2.31. The first-order chi connectivity index (χ1) is 7.20. The molecule has 1 amide bonds. The molecule has 0 saturated heterocycles. The van der Waals surface area contributed by atoms with Gasteiger partial charge in [-0.1, -0.05) is 13.3 Å². The zero-order valence-electron chi connectivity index (χ0n) is 9.62. The first-order valence-corrected chi connectivity index (χ1v) is 6.09. The molecule has 1 unspecified atom stereocenters. The normalized spacial score (nSPS) is 36.3. The standard InChI is InChI=1S/C12H20N2O/c1-3-9-4-6-10(7-5-9)11-13-8(2)12(15)14-11/h8-10H,3-7H2,1-2H3,(H,13,14,15). The molecule has 2 rings (SSSR count). The van der Waals surface area contributed by atoms with Crippen LogP contribution in [0.25, 0.3) is 0 Å². The van der Waals surface area contributed by atoms with Crippen LogP contribution in [0.5, 0.6) is 0 Å². The molecule has 3 heteroatoms. The molecule has 0 aromatic rings. The Morgan fingerprint density at radius 1 is 1.33 bits per heavy atom. The Kier molecular flexibility index (Phi) is 3.08. The summed E-state index contributed by atoms with van der Waals surface area (Å²) in [5.74, 6) is 2.45. The van der Waals surface area contributed by atoms with E-state index in [0.29, 0.717) is 5.92 Å². The van der Waals surface area contributed by atoms with Gasteiger partial charge in [0.15, 0.2) is 0 Å². The van der Waals surface area contributed by atoms with E-state index in [2.05, 4.69) is 17.2 Å². The van der Waals surface area contributed by atoms with Gasteiger partial charge in [-0.15, -0.1) is 0 Å². The second kappa shape index (κ2) is 4.33. The molecular weight excluding hydrogens is 188 g/mol. The van der Waals surface area contributed by atoms with Crippen LogP contribution < -0.4 is 5.32 Å². The van der Waals surface area contributed by atoms with Crippen LogP contribution in [0.4, 0.5) is 0 Å². The van der Waals surface area contributed by atoms with Crippen molar-refractivity contribution in [3.05, 3.63) is 0 Å². The summed E-state index contributed by atoms with van der Waals surface area (Å²) in [5, 5.41) is 2.92. The number of rotatable bonds is 2. The van der Waals surface area contributed by atoms with Crippen molar-refractivity contribution in [1.29, 1.82) is 0 Å². The van der Waals surface area contributed by atoms with Crippen LogP contribution in [0, 0.1) is 11.8 Å². The van der Waals surface area contributed by atoms with E-state index < -0.39 is 0 Å². The quantitative estimate of drug-likeness (QED) is 0.742. The summed E-state index contributed by atoms with van der Waals surface area (Å²) >= 11 is 0. The molecule has 1 N–H and O–H groups in total. The molecule has 3 nitrogen and oxygen atoms in total. The maximum absolute atomic E-state index is 11.3. The van der Waals surface area contributed by atoms with Crippen molar-refractivity contribution in [2.75, 3.05) is 0 Å². The molecule has 0 aromatic carbocycles. The highest BCUT2D eigenvalue weighted by atomic mass is 16.2. The summed E-state index contributed by atoms with van der Waals surface area (Å²) in [6.07, 6.45) is 6.28. The number of hydrogen-bond acceptors (Lipinski definition) is 2. The summed E-state index contributed by atoms with van der Waals surface area (Å²) in [6.45, 7) is 4.13. The van der Waals surface area contributed by atoms with Crippen LogP contribution in [0.3, 0.4) is 0 Å². The van der Waals surface area contributed by atoms with Crippen LogP contribution in [0.15, 0.2) is 4.99 Å². The van der Waals surface area contributed by atoms with Gasteiger partial charge in [0.05, 0.1) is 0 Å². The monoisotopic (exact) mass is 208 g/mol. The number of hydrogen-bond donors (Lipinski definition) is 1. The van der Waals surface area contributed by atoms with Gasteiger partial charge in [0.2, 0.25) is 5.91 Å². The number of amidine groups is 1. The molecule has 0 radical (unpaired) electrons. The molecule has 1 aliphatic heterocycles. The Balaban J connectivity index is 1.91. The lowest BCUT2D eigenvalue weighted by atomic mass is 9.80. The van der Waals surface area contributed by atoms with Crippen LogP contribution in [0.1, 0.15) is 46.0 Å². The molecule has 1 atom stereocenters. The maximum atomic E-state index is 11.3. The third-order valence-corrected chi connectivity index (χ3v) is 3.77. The average Bonchev–Trinajstić information content (AvgIpc) is 2.59. The minimum Gasteiger partial charge on any atom is -0.312 e. The maximum Gasteiger partial charge on any atom is 0.249 e. The number of aliphatic imine (C=N–C) groups is 1. The number of carbonyl (C=O) groups excluding carboxylic acids is 1. The smallest absolute Gasteiger partial charge is 0.249 e. The molecule has 84 valence electrons. The summed E-state index contributed by atoms with van der Waals surface area (Å²) in [5.41, 5.74) is 0. The third kappa shape index (κ3) is 2.21. The Morgan fingerprint density at radius 3 is 2.47 bits per heavy atom.